The SMILES string of the molecule is CN(c1ccccc1)c1nc(N(C)c2ccccc2)c2ccccc2n1.Cl.Cl. The van der Waals surface area contributed by atoms with E-state index in [1.54, 1.807) is 0 Å². The van der Waals surface area contributed by atoms with Crippen LogP contribution in [0.4, 0.5) is 23.1 Å². The summed E-state index contributed by atoms with van der Waals surface area (Å²) >= 11 is 0. The number of nitrogens with zero attached hydrogens (tertiary/aromatic N) is 4. The lowest BCUT2D eigenvalue weighted by molar-refractivity contribution is 1.04. The molecule has 1 heterocycles. The quantitative estimate of drug-likeness (QED) is 0.410. The first kappa shape index (κ1) is 21.5. The van der Waals surface area contributed by atoms with Crippen molar-refractivity contribution in [2.75, 3.05) is 23.9 Å². The molecule has 1 aromatic heterocycles. The average molecular weight is 413 g/mol. The van der Waals surface area contributed by atoms with E-state index in [4.69, 9.17) is 9.97 Å². The van der Waals surface area contributed by atoms with Crippen LogP contribution in [0.5, 0.6) is 0 Å². The van der Waals surface area contributed by atoms with Gasteiger partial charge < -0.3 is 9.80 Å². The molecule has 0 saturated heterocycles. The van der Waals surface area contributed by atoms with Gasteiger partial charge in [-0.1, -0.05) is 48.5 Å². The fourth-order valence-corrected chi connectivity index (χ4v) is 2.99. The molecule has 0 fully saturated rings. The summed E-state index contributed by atoms with van der Waals surface area (Å²) in [5.74, 6) is 1.56. The highest BCUT2D eigenvalue weighted by molar-refractivity contribution is 5.92. The lowest BCUT2D eigenvalue weighted by Gasteiger charge is -2.23. The van der Waals surface area contributed by atoms with E-state index in [1.807, 2.05) is 73.6 Å². The van der Waals surface area contributed by atoms with Crippen LogP contribution in [0.1, 0.15) is 0 Å². The van der Waals surface area contributed by atoms with Crippen molar-refractivity contribution < 1.29 is 0 Å². The highest BCUT2D eigenvalue weighted by Gasteiger charge is 2.15. The predicted molar refractivity (Wildman–Crippen MR) is 123 cm³/mol. The van der Waals surface area contributed by atoms with Gasteiger partial charge in [-0.25, -0.2) is 4.98 Å². The number of hydrogen-bond donors (Lipinski definition) is 0. The number of hydrogen-bond acceptors (Lipinski definition) is 4. The molecule has 4 aromatic rings. The van der Waals surface area contributed by atoms with E-state index in [1.165, 1.54) is 0 Å². The van der Waals surface area contributed by atoms with Crippen LogP contribution in [0, 0.1) is 0 Å². The van der Waals surface area contributed by atoms with E-state index >= 15 is 0 Å². The zero-order valence-corrected chi connectivity index (χ0v) is 17.3. The minimum atomic E-state index is 0. The summed E-state index contributed by atoms with van der Waals surface area (Å²) in [5, 5.41) is 1.03. The first-order valence-electron chi connectivity index (χ1n) is 8.58. The number of rotatable bonds is 4. The van der Waals surface area contributed by atoms with Gasteiger partial charge in [-0.3, -0.25) is 0 Å². The van der Waals surface area contributed by atoms with E-state index in [0.717, 1.165) is 28.1 Å². The van der Waals surface area contributed by atoms with Crippen LogP contribution < -0.4 is 9.80 Å². The largest absolute Gasteiger partial charge is 0.329 e. The Kier molecular flexibility index (Phi) is 7.21. The van der Waals surface area contributed by atoms with Crippen LogP contribution in [0.2, 0.25) is 0 Å². The Labute approximate surface area is 177 Å². The van der Waals surface area contributed by atoms with Gasteiger partial charge in [0, 0.05) is 30.9 Å². The second-order valence-electron chi connectivity index (χ2n) is 6.15. The molecule has 144 valence electrons. The Hall–Kier alpha value is -2.82. The Balaban J connectivity index is 0.00000140. The molecule has 0 atom stereocenters. The van der Waals surface area contributed by atoms with Gasteiger partial charge in [0.15, 0.2) is 0 Å². The number of aromatic nitrogens is 2. The Morgan fingerprint density at radius 2 is 1.07 bits per heavy atom. The second-order valence-corrected chi connectivity index (χ2v) is 6.15. The Morgan fingerprint density at radius 1 is 0.571 bits per heavy atom. The number of halogens is 2. The standard InChI is InChI=1S/C22H20N4.2ClH/c1-25(17-11-5-3-6-12-17)21-19-15-9-10-16-20(19)23-22(24-21)26(2)18-13-7-4-8-14-18;;/h3-16H,1-2H3;2*1H. The van der Waals surface area contributed by atoms with Crippen molar-refractivity contribution in [1.82, 2.24) is 9.97 Å². The lowest BCUT2D eigenvalue weighted by atomic mass is 10.2. The highest BCUT2D eigenvalue weighted by atomic mass is 35.5. The molecule has 0 bridgehead atoms. The summed E-state index contributed by atoms with van der Waals surface area (Å²) in [4.78, 5) is 13.8. The molecule has 0 aliphatic carbocycles. The normalized spacial score (nSPS) is 9.93. The first-order chi connectivity index (χ1) is 12.7. The van der Waals surface area contributed by atoms with Crippen LogP contribution in [0.25, 0.3) is 10.9 Å². The fourth-order valence-electron chi connectivity index (χ4n) is 2.99. The van der Waals surface area contributed by atoms with Crippen molar-refractivity contribution in [1.29, 1.82) is 0 Å². The van der Waals surface area contributed by atoms with Gasteiger partial charge in [0.05, 0.1) is 5.52 Å². The minimum Gasteiger partial charge on any atom is -0.329 e. The molecule has 0 aliphatic rings. The molecule has 3 aromatic carbocycles. The van der Waals surface area contributed by atoms with Crippen LogP contribution in [0.3, 0.4) is 0 Å². The highest BCUT2D eigenvalue weighted by Crippen LogP contribution is 2.31. The topological polar surface area (TPSA) is 32.3 Å². The third-order valence-corrected chi connectivity index (χ3v) is 4.48. The van der Waals surface area contributed by atoms with E-state index in [0.29, 0.717) is 5.95 Å². The van der Waals surface area contributed by atoms with Gasteiger partial charge in [0.1, 0.15) is 5.82 Å². The third kappa shape index (κ3) is 4.19. The maximum atomic E-state index is 4.89. The minimum absolute atomic E-state index is 0. The first-order valence-corrected chi connectivity index (χ1v) is 8.58. The van der Waals surface area contributed by atoms with Gasteiger partial charge in [-0.2, -0.15) is 4.98 Å². The molecular formula is C22H22Cl2N4. The van der Waals surface area contributed by atoms with E-state index < -0.39 is 0 Å². The number of anilines is 4. The predicted octanol–water partition coefficient (Wildman–Crippen LogP) is 6.01. The van der Waals surface area contributed by atoms with Crippen molar-refractivity contribution in [3.8, 4) is 0 Å². The van der Waals surface area contributed by atoms with Crippen LogP contribution in [0.15, 0.2) is 84.9 Å². The summed E-state index contributed by atoms with van der Waals surface area (Å²) in [6.45, 7) is 0. The summed E-state index contributed by atoms with van der Waals surface area (Å²) in [7, 11) is 4.03. The van der Waals surface area contributed by atoms with Crippen LogP contribution >= 0.6 is 24.8 Å². The van der Waals surface area contributed by atoms with Crippen LogP contribution in [-0.2, 0) is 0 Å². The Bertz CT molecular complexity index is 1030. The number of benzene rings is 3. The average Bonchev–Trinajstić information content (AvgIpc) is 2.73. The Morgan fingerprint density at radius 3 is 1.68 bits per heavy atom. The molecule has 0 unspecified atom stereocenters. The molecule has 6 heteroatoms. The van der Waals surface area contributed by atoms with Crippen molar-refractivity contribution in [2.45, 2.75) is 0 Å². The third-order valence-electron chi connectivity index (χ3n) is 4.48. The number of fused-ring (bicyclic) bond motifs is 1. The number of para-hydroxylation sites is 3. The molecule has 0 N–H and O–H groups in total. The zero-order chi connectivity index (χ0) is 17.9. The van der Waals surface area contributed by atoms with Crippen molar-refractivity contribution >= 4 is 58.9 Å². The second kappa shape index (κ2) is 9.40. The van der Waals surface area contributed by atoms with Gasteiger partial charge in [-0.05, 0) is 36.4 Å². The van der Waals surface area contributed by atoms with Gasteiger partial charge >= 0.3 is 0 Å². The summed E-state index contributed by atoms with van der Waals surface area (Å²) in [5.41, 5.74) is 3.07. The van der Waals surface area contributed by atoms with Gasteiger partial charge in [0.2, 0.25) is 5.95 Å². The lowest BCUT2D eigenvalue weighted by Crippen LogP contribution is -2.17. The van der Waals surface area contributed by atoms with E-state index in [9.17, 15) is 0 Å². The monoisotopic (exact) mass is 412 g/mol. The van der Waals surface area contributed by atoms with Crippen molar-refractivity contribution in [2.24, 2.45) is 0 Å². The van der Waals surface area contributed by atoms with E-state index in [-0.39, 0.29) is 24.8 Å². The maximum Gasteiger partial charge on any atom is 0.232 e. The summed E-state index contributed by atoms with van der Waals surface area (Å²) < 4.78 is 0. The molecule has 4 rings (SSSR count). The van der Waals surface area contributed by atoms with E-state index in [2.05, 4.69) is 35.2 Å². The molecule has 4 nitrogen and oxygen atoms in total. The zero-order valence-electron chi connectivity index (χ0n) is 15.7. The maximum absolute atomic E-state index is 4.89. The molecule has 0 spiro atoms. The molecule has 0 radical (unpaired) electrons. The van der Waals surface area contributed by atoms with Crippen molar-refractivity contribution in [3.05, 3.63) is 84.9 Å². The van der Waals surface area contributed by atoms with Gasteiger partial charge in [0.25, 0.3) is 0 Å². The molecule has 0 saturated carbocycles. The van der Waals surface area contributed by atoms with Gasteiger partial charge in [-0.15, -0.1) is 24.8 Å². The smallest absolute Gasteiger partial charge is 0.232 e. The molecular weight excluding hydrogens is 391 g/mol. The molecule has 0 aliphatic heterocycles. The van der Waals surface area contributed by atoms with Crippen LogP contribution in [-0.4, -0.2) is 24.1 Å². The fraction of sp³-hybridized carbons (Fsp3) is 0.0909. The summed E-state index contributed by atoms with van der Waals surface area (Å²) in [6.07, 6.45) is 0. The summed E-state index contributed by atoms with van der Waals surface area (Å²) in [6, 6.07) is 28.5. The molecule has 28 heavy (non-hydrogen) atoms. The van der Waals surface area contributed by atoms with Crippen molar-refractivity contribution in [3.63, 3.8) is 0 Å². The molecule has 0 amide bonds.